The highest BCUT2D eigenvalue weighted by Gasteiger charge is 2.37. The predicted molar refractivity (Wildman–Crippen MR) is 92.9 cm³/mol. The van der Waals surface area contributed by atoms with Crippen LogP contribution in [-0.4, -0.2) is 44.9 Å². The first-order valence-corrected chi connectivity index (χ1v) is 9.83. The second-order valence-electron chi connectivity index (χ2n) is 5.72. The van der Waals surface area contributed by atoms with Crippen molar-refractivity contribution in [2.75, 3.05) is 26.2 Å². The van der Waals surface area contributed by atoms with E-state index in [1.165, 1.54) is 10.4 Å². The molecule has 6 nitrogen and oxygen atoms in total. The predicted octanol–water partition coefficient (Wildman–Crippen LogP) is 2.19. The van der Waals surface area contributed by atoms with Gasteiger partial charge in [0.15, 0.2) is 0 Å². The van der Waals surface area contributed by atoms with Crippen LogP contribution in [0.4, 0.5) is 0 Å². The van der Waals surface area contributed by atoms with Crippen molar-refractivity contribution in [3.05, 3.63) is 22.7 Å². The normalized spacial score (nSPS) is 18.6. The summed E-state index contributed by atoms with van der Waals surface area (Å²) in [6.07, 6.45) is 0.509. The van der Waals surface area contributed by atoms with E-state index in [2.05, 4.69) is 5.32 Å². The van der Waals surface area contributed by atoms with Gasteiger partial charge in [0.25, 0.3) is 0 Å². The van der Waals surface area contributed by atoms with Crippen LogP contribution in [0, 0.1) is 12.8 Å². The van der Waals surface area contributed by atoms with Crippen LogP contribution in [0.15, 0.2) is 17.0 Å². The van der Waals surface area contributed by atoms with E-state index in [1.807, 2.05) is 6.92 Å². The maximum absolute atomic E-state index is 13.0. The lowest BCUT2D eigenvalue weighted by Gasteiger charge is -2.19. The molecule has 1 aliphatic heterocycles. The second-order valence-corrected chi connectivity index (χ2v) is 8.04. The summed E-state index contributed by atoms with van der Waals surface area (Å²) in [6, 6.07) is 3.06. The Hall–Kier alpha value is -1.31. The number of hydrogen-bond acceptors (Lipinski definition) is 4. The number of hydrogen-bond donors (Lipinski definition) is 1. The summed E-state index contributed by atoms with van der Waals surface area (Å²) in [5, 5.41) is 3.11. The minimum absolute atomic E-state index is 0.0523. The van der Waals surface area contributed by atoms with Crippen LogP contribution >= 0.6 is 11.6 Å². The van der Waals surface area contributed by atoms with Gasteiger partial charge in [0.05, 0.1) is 12.5 Å². The Labute approximate surface area is 148 Å². The number of sulfonamides is 1. The third-order valence-electron chi connectivity index (χ3n) is 4.02. The Morgan fingerprint density at radius 1 is 1.42 bits per heavy atom. The lowest BCUT2D eigenvalue weighted by Crippen LogP contribution is -2.34. The fourth-order valence-electron chi connectivity index (χ4n) is 2.72. The third-order valence-corrected chi connectivity index (χ3v) is 6.31. The first-order chi connectivity index (χ1) is 11.3. The van der Waals surface area contributed by atoms with Crippen LogP contribution < -0.4 is 10.1 Å². The van der Waals surface area contributed by atoms with Crippen molar-refractivity contribution in [3.63, 3.8) is 0 Å². The van der Waals surface area contributed by atoms with Crippen LogP contribution in [0.5, 0.6) is 5.75 Å². The zero-order valence-electron chi connectivity index (χ0n) is 14.1. The first kappa shape index (κ1) is 19.0. The number of carbonyl (C=O) groups excluding carboxylic acids is 1. The number of halogens is 1. The molecule has 1 heterocycles. The Morgan fingerprint density at radius 2 is 2.12 bits per heavy atom. The topological polar surface area (TPSA) is 75.7 Å². The Bertz CT molecular complexity index is 721. The maximum Gasteiger partial charge on any atom is 0.246 e. The molecule has 1 fully saturated rings. The first-order valence-electron chi connectivity index (χ1n) is 8.02. The monoisotopic (exact) mass is 374 g/mol. The summed E-state index contributed by atoms with van der Waals surface area (Å²) in [7, 11) is -3.77. The average Bonchev–Trinajstić information content (AvgIpc) is 3.02. The molecule has 0 aromatic heterocycles. The molecule has 1 N–H and O–H groups in total. The van der Waals surface area contributed by atoms with Gasteiger partial charge >= 0.3 is 0 Å². The summed E-state index contributed by atoms with van der Waals surface area (Å²) in [5.41, 5.74) is 0.751. The highest BCUT2D eigenvalue weighted by molar-refractivity contribution is 7.89. The molecular weight excluding hydrogens is 352 g/mol. The van der Waals surface area contributed by atoms with E-state index in [1.54, 1.807) is 19.9 Å². The number of nitrogens with one attached hydrogen (secondary N) is 1. The molecule has 1 aliphatic rings. The van der Waals surface area contributed by atoms with Gasteiger partial charge in [-0.05, 0) is 44.9 Å². The quantitative estimate of drug-likeness (QED) is 0.828. The van der Waals surface area contributed by atoms with Gasteiger partial charge in [0, 0.05) is 24.7 Å². The van der Waals surface area contributed by atoms with Crippen LogP contribution in [0.25, 0.3) is 0 Å². The molecule has 1 atom stereocenters. The molecule has 1 amide bonds. The van der Waals surface area contributed by atoms with Gasteiger partial charge in [-0.15, -0.1) is 0 Å². The summed E-state index contributed by atoms with van der Waals surface area (Å²) in [4.78, 5) is 12.0. The van der Waals surface area contributed by atoms with Crippen LogP contribution in [0.1, 0.15) is 25.8 Å². The smallest absolute Gasteiger partial charge is 0.246 e. The lowest BCUT2D eigenvalue weighted by atomic mass is 10.1. The number of rotatable bonds is 6. The van der Waals surface area contributed by atoms with Crippen molar-refractivity contribution in [3.8, 4) is 5.75 Å². The van der Waals surface area contributed by atoms with Crippen LogP contribution in [-0.2, 0) is 14.8 Å². The number of benzene rings is 1. The van der Waals surface area contributed by atoms with Crippen molar-refractivity contribution in [1.82, 2.24) is 9.62 Å². The lowest BCUT2D eigenvalue weighted by molar-refractivity contribution is -0.124. The molecule has 0 saturated carbocycles. The molecule has 134 valence electrons. The van der Waals surface area contributed by atoms with Crippen molar-refractivity contribution < 1.29 is 17.9 Å². The molecule has 1 aromatic rings. The van der Waals surface area contributed by atoms with Crippen molar-refractivity contribution in [2.24, 2.45) is 5.92 Å². The van der Waals surface area contributed by atoms with Gasteiger partial charge < -0.3 is 10.1 Å². The van der Waals surface area contributed by atoms with Crippen LogP contribution in [0.2, 0.25) is 5.02 Å². The summed E-state index contributed by atoms with van der Waals surface area (Å²) in [5.74, 6) is -0.140. The zero-order valence-corrected chi connectivity index (χ0v) is 15.7. The van der Waals surface area contributed by atoms with Gasteiger partial charge in [-0.25, -0.2) is 8.42 Å². The molecule has 2 rings (SSSR count). The third kappa shape index (κ3) is 3.84. The second kappa shape index (κ2) is 7.72. The van der Waals surface area contributed by atoms with Crippen molar-refractivity contribution in [1.29, 1.82) is 0 Å². The van der Waals surface area contributed by atoms with E-state index in [0.29, 0.717) is 36.9 Å². The van der Waals surface area contributed by atoms with Crippen molar-refractivity contribution in [2.45, 2.75) is 32.1 Å². The summed E-state index contributed by atoms with van der Waals surface area (Å²) < 4.78 is 32.8. The molecule has 8 heteroatoms. The largest absolute Gasteiger partial charge is 0.492 e. The van der Waals surface area contributed by atoms with E-state index < -0.39 is 10.0 Å². The maximum atomic E-state index is 13.0. The molecular formula is C16H23ClN2O4S. The highest BCUT2D eigenvalue weighted by Crippen LogP contribution is 2.34. The van der Waals surface area contributed by atoms with E-state index >= 15 is 0 Å². The minimum atomic E-state index is -3.77. The number of amides is 1. The van der Waals surface area contributed by atoms with Gasteiger partial charge in [0.1, 0.15) is 10.6 Å². The van der Waals surface area contributed by atoms with E-state index in [4.69, 9.17) is 16.3 Å². The minimum Gasteiger partial charge on any atom is -0.492 e. The number of ether oxygens (including phenoxy) is 1. The fraction of sp³-hybridized carbons (Fsp3) is 0.562. The molecule has 1 aromatic carbocycles. The standard InChI is InChI=1S/C16H23ClN2O4S/c1-4-18-16(20)12-6-7-19(10-12)24(21,22)15-9-13(17)11(3)8-14(15)23-5-2/h8-9,12H,4-7,10H2,1-3H3,(H,18,20). The summed E-state index contributed by atoms with van der Waals surface area (Å²) in [6.45, 7) is 6.79. The molecule has 0 aliphatic carbocycles. The number of nitrogens with zero attached hydrogens (tertiary/aromatic N) is 1. The number of carbonyl (C=O) groups is 1. The molecule has 0 bridgehead atoms. The van der Waals surface area contributed by atoms with Crippen LogP contribution in [0.3, 0.4) is 0 Å². The molecule has 24 heavy (non-hydrogen) atoms. The number of aryl methyl sites for hydroxylation is 1. The molecule has 0 radical (unpaired) electrons. The molecule has 1 unspecified atom stereocenters. The Kier molecular flexibility index (Phi) is 6.11. The van der Waals surface area contributed by atoms with Gasteiger partial charge in [-0.3, -0.25) is 4.79 Å². The Balaban J connectivity index is 2.31. The van der Waals surface area contributed by atoms with E-state index in [0.717, 1.165) is 5.56 Å². The van der Waals surface area contributed by atoms with E-state index in [-0.39, 0.29) is 23.3 Å². The van der Waals surface area contributed by atoms with Crippen molar-refractivity contribution >= 4 is 27.5 Å². The van der Waals surface area contributed by atoms with E-state index in [9.17, 15) is 13.2 Å². The van der Waals surface area contributed by atoms with Gasteiger partial charge in [-0.1, -0.05) is 11.6 Å². The summed E-state index contributed by atoms with van der Waals surface area (Å²) >= 11 is 6.12. The zero-order chi connectivity index (χ0) is 17.9. The van der Waals surface area contributed by atoms with Gasteiger partial charge in [0.2, 0.25) is 15.9 Å². The highest BCUT2D eigenvalue weighted by atomic mass is 35.5. The van der Waals surface area contributed by atoms with Gasteiger partial charge in [-0.2, -0.15) is 4.31 Å². The SMILES string of the molecule is CCNC(=O)C1CCN(S(=O)(=O)c2cc(Cl)c(C)cc2OCC)C1. The molecule has 0 spiro atoms. The fourth-order valence-corrected chi connectivity index (χ4v) is 4.59. The average molecular weight is 375 g/mol. The Morgan fingerprint density at radius 3 is 2.75 bits per heavy atom. The molecule has 1 saturated heterocycles.